The third-order valence-corrected chi connectivity index (χ3v) is 5.40. The van der Waals surface area contributed by atoms with E-state index in [9.17, 15) is 9.59 Å². The SMILES string of the molecule is CCCN(CC(=O)O)C(=O)C(C)(C)c1csc(-c2cccs2)n1. The van der Waals surface area contributed by atoms with Gasteiger partial charge >= 0.3 is 5.97 Å². The Kier molecular flexibility index (Phi) is 5.54. The molecule has 0 radical (unpaired) electrons. The minimum atomic E-state index is -1.000. The minimum absolute atomic E-state index is 0.204. The molecule has 2 heterocycles. The van der Waals surface area contributed by atoms with Gasteiger partial charge in [0, 0.05) is 11.9 Å². The molecule has 1 amide bonds. The lowest BCUT2D eigenvalue weighted by atomic mass is 9.88. The lowest BCUT2D eigenvalue weighted by molar-refractivity contribution is -0.146. The molecule has 1 N–H and O–H groups in total. The van der Waals surface area contributed by atoms with Crippen LogP contribution < -0.4 is 0 Å². The number of amides is 1. The number of carboxylic acids is 1. The number of thiophene rings is 1. The summed E-state index contributed by atoms with van der Waals surface area (Å²) in [6, 6.07) is 3.96. The Morgan fingerprint density at radius 1 is 1.35 bits per heavy atom. The number of carboxylic acid groups (broad SMARTS) is 1. The lowest BCUT2D eigenvalue weighted by Crippen LogP contribution is -2.46. The lowest BCUT2D eigenvalue weighted by Gasteiger charge is -2.29. The Bertz CT molecular complexity index is 677. The second kappa shape index (κ2) is 7.23. The van der Waals surface area contributed by atoms with Gasteiger partial charge in [-0.05, 0) is 31.7 Å². The molecule has 0 saturated carbocycles. The van der Waals surface area contributed by atoms with Crippen molar-refractivity contribution in [1.29, 1.82) is 0 Å². The van der Waals surface area contributed by atoms with Crippen LogP contribution in [-0.4, -0.2) is 40.0 Å². The average molecular weight is 352 g/mol. The van der Waals surface area contributed by atoms with Crippen molar-refractivity contribution in [2.24, 2.45) is 0 Å². The topological polar surface area (TPSA) is 70.5 Å². The van der Waals surface area contributed by atoms with E-state index in [1.54, 1.807) is 25.2 Å². The van der Waals surface area contributed by atoms with Crippen LogP contribution in [0.1, 0.15) is 32.9 Å². The summed E-state index contributed by atoms with van der Waals surface area (Å²) in [6.45, 7) is 5.67. The molecule has 23 heavy (non-hydrogen) atoms. The molecule has 0 unspecified atom stereocenters. The van der Waals surface area contributed by atoms with Crippen LogP contribution in [0.15, 0.2) is 22.9 Å². The Morgan fingerprint density at radius 2 is 2.09 bits per heavy atom. The van der Waals surface area contributed by atoms with Crippen molar-refractivity contribution in [1.82, 2.24) is 9.88 Å². The Morgan fingerprint density at radius 3 is 2.65 bits per heavy atom. The molecule has 5 nitrogen and oxygen atoms in total. The summed E-state index contributed by atoms with van der Waals surface area (Å²) in [5.41, 5.74) is -0.168. The third-order valence-electron chi connectivity index (χ3n) is 3.52. The van der Waals surface area contributed by atoms with Crippen molar-refractivity contribution in [3.63, 3.8) is 0 Å². The predicted octanol–water partition coefficient (Wildman–Crippen LogP) is 3.47. The molecule has 2 rings (SSSR count). The van der Waals surface area contributed by atoms with Gasteiger partial charge < -0.3 is 10.0 Å². The first-order valence-electron chi connectivity index (χ1n) is 7.37. The van der Waals surface area contributed by atoms with Gasteiger partial charge in [-0.15, -0.1) is 22.7 Å². The molecule has 0 aliphatic carbocycles. The molecule has 0 fully saturated rings. The molecule has 0 saturated heterocycles. The maximum absolute atomic E-state index is 12.8. The monoisotopic (exact) mass is 352 g/mol. The van der Waals surface area contributed by atoms with Crippen molar-refractivity contribution in [2.75, 3.05) is 13.1 Å². The Hall–Kier alpha value is -1.73. The molecule has 124 valence electrons. The second-order valence-corrected chi connectivity index (χ2v) is 7.57. The number of hydrogen-bond acceptors (Lipinski definition) is 5. The summed E-state index contributed by atoms with van der Waals surface area (Å²) >= 11 is 3.11. The summed E-state index contributed by atoms with van der Waals surface area (Å²) < 4.78 is 0. The van der Waals surface area contributed by atoms with Gasteiger partial charge in [-0.2, -0.15) is 0 Å². The van der Waals surface area contributed by atoms with Crippen molar-refractivity contribution in [2.45, 2.75) is 32.6 Å². The number of nitrogens with zero attached hydrogens (tertiary/aromatic N) is 2. The van der Waals surface area contributed by atoms with Crippen LogP contribution in [0.2, 0.25) is 0 Å². The smallest absolute Gasteiger partial charge is 0.323 e. The molecule has 0 aliphatic heterocycles. The predicted molar refractivity (Wildman–Crippen MR) is 93.0 cm³/mol. The highest BCUT2D eigenvalue weighted by molar-refractivity contribution is 7.20. The molecule has 0 atom stereocenters. The molecular formula is C16H20N2O3S2. The van der Waals surface area contributed by atoms with Crippen LogP contribution in [-0.2, 0) is 15.0 Å². The zero-order valence-electron chi connectivity index (χ0n) is 13.4. The molecular weight excluding hydrogens is 332 g/mol. The molecule has 0 bridgehead atoms. The fraction of sp³-hybridized carbons (Fsp3) is 0.438. The highest BCUT2D eigenvalue weighted by Crippen LogP contribution is 2.33. The molecule has 7 heteroatoms. The average Bonchev–Trinajstić information content (AvgIpc) is 3.16. The Labute approximate surface area is 143 Å². The molecule has 2 aromatic heterocycles. The number of hydrogen-bond donors (Lipinski definition) is 1. The Balaban J connectivity index is 2.25. The van der Waals surface area contributed by atoms with Gasteiger partial charge in [0.2, 0.25) is 5.91 Å². The first kappa shape index (κ1) is 17.6. The van der Waals surface area contributed by atoms with Crippen LogP contribution in [0, 0.1) is 0 Å². The van der Waals surface area contributed by atoms with Crippen LogP contribution in [0.25, 0.3) is 9.88 Å². The van der Waals surface area contributed by atoms with E-state index >= 15 is 0 Å². The van der Waals surface area contributed by atoms with Gasteiger partial charge in [-0.3, -0.25) is 9.59 Å². The fourth-order valence-corrected chi connectivity index (χ4v) is 4.07. The van der Waals surface area contributed by atoms with E-state index in [-0.39, 0.29) is 12.5 Å². The zero-order chi connectivity index (χ0) is 17.0. The zero-order valence-corrected chi connectivity index (χ0v) is 15.0. The maximum atomic E-state index is 12.8. The normalized spacial score (nSPS) is 11.4. The van der Waals surface area contributed by atoms with E-state index in [1.165, 1.54) is 16.2 Å². The molecule has 0 aromatic carbocycles. The van der Waals surface area contributed by atoms with E-state index in [1.807, 2.05) is 29.8 Å². The largest absolute Gasteiger partial charge is 0.480 e. The van der Waals surface area contributed by atoms with Crippen LogP contribution in [0.4, 0.5) is 0 Å². The second-order valence-electron chi connectivity index (χ2n) is 5.76. The van der Waals surface area contributed by atoms with Crippen LogP contribution in [0.5, 0.6) is 0 Å². The summed E-state index contributed by atoms with van der Waals surface area (Å²) in [5.74, 6) is -1.20. The summed E-state index contributed by atoms with van der Waals surface area (Å²) in [5, 5.41) is 13.8. The van der Waals surface area contributed by atoms with Crippen LogP contribution in [0.3, 0.4) is 0 Å². The van der Waals surface area contributed by atoms with E-state index in [2.05, 4.69) is 4.98 Å². The number of aromatic nitrogens is 1. The van der Waals surface area contributed by atoms with Crippen molar-refractivity contribution >= 4 is 34.6 Å². The van der Waals surface area contributed by atoms with Gasteiger partial charge in [-0.25, -0.2) is 4.98 Å². The number of carbonyl (C=O) groups excluding carboxylic acids is 1. The van der Waals surface area contributed by atoms with E-state index < -0.39 is 11.4 Å². The number of thiazole rings is 1. The van der Waals surface area contributed by atoms with Gasteiger partial charge in [0.05, 0.1) is 16.0 Å². The van der Waals surface area contributed by atoms with Crippen molar-refractivity contribution in [3.05, 3.63) is 28.6 Å². The van der Waals surface area contributed by atoms with Gasteiger partial charge in [-0.1, -0.05) is 13.0 Å². The number of aliphatic carboxylic acids is 1. The van der Waals surface area contributed by atoms with E-state index in [0.29, 0.717) is 18.7 Å². The van der Waals surface area contributed by atoms with E-state index in [4.69, 9.17) is 5.11 Å². The minimum Gasteiger partial charge on any atom is -0.480 e. The number of rotatable bonds is 7. The molecule has 0 spiro atoms. The maximum Gasteiger partial charge on any atom is 0.323 e. The summed E-state index contributed by atoms with van der Waals surface area (Å²) in [7, 11) is 0. The highest BCUT2D eigenvalue weighted by Gasteiger charge is 2.36. The van der Waals surface area contributed by atoms with E-state index in [0.717, 1.165) is 9.88 Å². The fourth-order valence-electron chi connectivity index (χ4n) is 2.26. The van der Waals surface area contributed by atoms with Crippen molar-refractivity contribution < 1.29 is 14.7 Å². The van der Waals surface area contributed by atoms with Gasteiger partial charge in [0.15, 0.2) is 0 Å². The quantitative estimate of drug-likeness (QED) is 0.828. The molecule has 0 aliphatic rings. The standard InChI is InChI=1S/C16H20N2O3S2/c1-4-7-18(9-13(19)20)15(21)16(2,3)12-10-23-14(17-12)11-6-5-8-22-11/h5-6,8,10H,4,7,9H2,1-3H3,(H,19,20). The van der Waals surface area contributed by atoms with Crippen molar-refractivity contribution in [3.8, 4) is 9.88 Å². The van der Waals surface area contributed by atoms with Gasteiger partial charge in [0.1, 0.15) is 11.6 Å². The summed E-state index contributed by atoms with van der Waals surface area (Å²) in [6.07, 6.45) is 0.715. The summed E-state index contributed by atoms with van der Waals surface area (Å²) in [4.78, 5) is 30.9. The molecule has 2 aromatic rings. The van der Waals surface area contributed by atoms with Gasteiger partial charge in [0.25, 0.3) is 0 Å². The first-order chi connectivity index (χ1) is 10.9. The number of carbonyl (C=O) groups is 2. The first-order valence-corrected chi connectivity index (χ1v) is 9.13. The van der Waals surface area contributed by atoms with Crippen LogP contribution >= 0.6 is 22.7 Å². The third kappa shape index (κ3) is 3.97. The highest BCUT2D eigenvalue weighted by atomic mass is 32.1.